The van der Waals surface area contributed by atoms with E-state index in [4.69, 9.17) is 4.74 Å². The zero-order valence-electron chi connectivity index (χ0n) is 22.8. The highest BCUT2D eigenvalue weighted by Crippen LogP contribution is 2.48. The number of pyridine rings is 1. The number of ether oxygens (including phenoxy) is 1. The molecule has 2 atom stereocenters. The summed E-state index contributed by atoms with van der Waals surface area (Å²) >= 11 is 1.81. The Morgan fingerprint density at radius 2 is 2.03 bits per heavy atom. The van der Waals surface area contributed by atoms with Crippen molar-refractivity contribution in [2.75, 3.05) is 6.54 Å². The summed E-state index contributed by atoms with van der Waals surface area (Å²) in [5.41, 5.74) is 7.89. The summed E-state index contributed by atoms with van der Waals surface area (Å²) in [5.74, 6) is 1.11. The first-order valence-corrected chi connectivity index (χ1v) is 14.7. The SMILES string of the molecule is CC[C@H](c1cc(CN2CC3(CC3)Oc3ccc(O)nc3[C@H]2C)c2sccc2c1)c1ccc2c(nnn2C)c1C. The Labute approximate surface area is 232 Å². The Morgan fingerprint density at radius 1 is 1.18 bits per heavy atom. The van der Waals surface area contributed by atoms with Gasteiger partial charge >= 0.3 is 0 Å². The van der Waals surface area contributed by atoms with Gasteiger partial charge in [-0.3, -0.25) is 4.90 Å². The van der Waals surface area contributed by atoms with Crippen molar-refractivity contribution in [1.29, 1.82) is 0 Å². The van der Waals surface area contributed by atoms with E-state index in [0.29, 0.717) is 0 Å². The third-order valence-corrected chi connectivity index (χ3v) is 9.73. The van der Waals surface area contributed by atoms with Crippen LogP contribution in [0.15, 0.2) is 47.8 Å². The van der Waals surface area contributed by atoms with E-state index in [-0.39, 0.29) is 23.4 Å². The smallest absolute Gasteiger partial charge is 0.211 e. The monoisotopic (exact) mass is 539 g/mol. The van der Waals surface area contributed by atoms with Crippen molar-refractivity contribution in [3.8, 4) is 11.6 Å². The average molecular weight is 540 g/mol. The minimum Gasteiger partial charge on any atom is -0.493 e. The molecule has 4 heterocycles. The maximum Gasteiger partial charge on any atom is 0.211 e. The van der Waals surface area contributed by atoms with Gasteiger partial charge in [0.2, 0.25) is 5.88 Å². The van der Waals surface area contributed by atoms with Crippen LogP contribution in [0.1, 0.15) is 73.0 Å². The highest BCUT2D eigenvalue weighted by molar-refractivity contribution is 7.17. The normalized spacial score (nSPS) is 19.2. The molecule has 2 aromatic carbocycles. The van der Waals surface area contributed by atoms with Crippen LogP contribution in [-0.4, -0.2) is 42.1 Å². The van der Waals surface area contributed by atoms with E-state index in [0.717, 1.165) is 54.8 Å². The van der Waals surface area contributed by atoms with Gasteiger partial charge in [-0.25, -0.2) is 9.67 Å². The van der Waals surface area contributed by atoms with Crippen molar-refractivity contribution < 1.29 is 9.84 Å². The standard InChI is InChI=1S/C31H33N5O2S/c1-5-23(24-6-7-25-28(18(24)2)33-34-35(25)4)21-14-20-10-13-39-30(20)22(15-21)16-36-17-31(11-12-31)38-26-8-9-27(37)32-29(26)19(36)3/h6-10,13-15,19,23H,5,11-12,16-17H2,1-4H3,(H,32,37)/t19-,23-/m1/s1. The number of hydrogen-bond acceptors (Lipinski definition) is 7. The number of fused-ring (bicyclic) bond motifs is 3. The van der Waals surface area contributed by atoms with Crippen LogP contribution in [0.4, 0.5) is 0 Å². The first-order chi connectivity index (χ1) is 18.9. The third-order valence-electron chi connectivity index (χ3n) is 8.73. The van der Waals surface area contributed by atoms with Crippen molar-refractivity contribution in [3.05, 3.63) is 75.8 Å². The number of benzene rings is 2. The Bertz CT molecular complexity index is 1720. The molecular weight excluding hydrogens is 506 g/mol. The number of aromatic nitrogens is 4. The molecule has 0 bridgehead atoms. The first kappa shape index (κ1) is 24.5. The third kappa shape index (κ3) is 4.08. The maximum absolute atomic E-state index is 10.2. The minimum atomic E-state index is -0.153. The largest absolute Gasteiger partial charge is 0.493 e. The van der Waals surface area contributed by atoms with Gasteiger partial charge in [-0.1, -0.05) is 24.3 Å². The van der Waals surface area contributed by atoms with Crippen LogP contribution >= 0.6 is 11.3 Å². The molecule has 0 saturated heterocycles. The fourth-order valence-electron chi connectivity index (χ4n) is 6.36. The van der Waals surface area contributed by atoms with Crippen LogP contribution in [0.2, 0.25) is 0 Å². The van der Waals surface area contributed by atoms with Crippen LogP contribution in [0, 0.1) is 6.92 Å². The van der Waals surface area contributed by atoms with Gasteiger partial charge in [-0.05, 0) is 90.4 Å². The number of aromatic hydroxyl groups is 1. The lowest BCUT2D eigenvalue weighted by Gasteiger charge is -2.29. The van der Waals surface area contributed by atoms with Gasteiger partial charge in [0.05, 0.1) is 11.6 Å². The summed E-state index contributed by atoms with van der Waals surface area (Å²) in [6.07, 6.45) is 3.09. The van der Waals surface area contributed by atoms with Gasteiger partial charge in [-0.2, -0.15) is 0 Å². The molecule has 7 nitrogen and oxygen atoms in total. The maximum atomic E-state index is 10.2. The molecule has 0 amide bonds. The molecule has 1 spiro atoms. The van der Waals surface area contributed by atoms with Crippen LogP contribution in [0.5, 0.6) is 11.6 Å². The van der Waals surface area contributed by atoms with Gasteiger partial charge in [0.25, 0.3) is 0 Å². The predicted molar refractivity (Wildman–Crippen MR) is 155 cm³/mol. The number of nitrogens with zero attached hydrogens (tertiary/aromatic N) is 5. The molecule has 1 N–H and O–H groups in total. The zero-order chi connectivity index (χ0) is 26.9. The van der Waals surface area contributed by atoms with E-state index in [2.05, 4.69) is 76.7 Å². The molecule has 5 aromatic rings. The average Bonchev–Trinajstić information content (AvgIpc) is 3.34. The lowest BCUT2D eigenvalue weighted by atomic mass is 9.85. The molecule has 8 heteroatoms. The van der Waals surface area contributed by atoms with Crippen molar-refractivity contribution in [1.82, 2.24) is 24.9 Å². The number of thiophene rings is 1. The van der Waals surface area contributed by atoms with Gasteiger partial charge in [-0.15, -0.1) is 16.4 Å². The molecule has 2 aliphatic rings. The molecule has 0 unspecified atom stereocenters. The molecule has 1 aliphatic heterocycles. The van der Waals surface area contributed by atoms with E-state index in [1.807, 2.05) is 29.1 Å². The predicted octanol–water partition coefficient (Wildman–Crippen LogP) is 6.62. The molecule has 7 rings (SSSR count). The van der Waals surface area contributed by atoms with Crippen molar-refractivity contribution in [2.45, 2.75) is 64.1 Å². The Balaban J connectivity index is 1.30. The van der Waals surface area contributed by atoms with Crippen LogP contribution in [0.3, 0.4) is 0 Å². The summed E-state index contributed by atoms with van der Waals surface area (Å²) in [5, 5.41) is 22.4. The van der Waals surface area contributed by atoms with E-state index in [1.165, 1.54) is 32.3 Å². The Hall–Kier alpha value is -3.49. The summed E-state index contributed by atoms with van der Waals surface area (Å²) in [6, 6.07) is 15.0. The van der Waals surface area contributed by atoms with Crippen molar-refractivity contribution >= 4 is 32.5 Å². The van der Waals surface area contributed by atoms with Gasteiger partial charge in [0, 0.05) is 36.8 Å². The summed E-state index contributed by atoms with van der Waals surface area (Å²) in [7, 11) is 1.94. The van der Waals surface area contributed by atoms with E-state index >= 15 is 0 Å². The second-order valence-electron chi connectivity index (χ2n) is 11.3. The highest BCUT2D eigenvalue weighted by Gasteiger charge is 2.50. The van der Waals surface area contributed by atoms with E-state index < -0.39 is 0 Å². The van der Waals surface area contributed by atoms with Crippen LogP contribution < -0.4 is 4.74 Å². The van der Waals surface area contributed by atoms with E-state index in [1.54, 1.807) is 6.07 Å². The number of rotatable bonds is 5. The Morgan fingerprint density at radius 3 is 2.82 bits per heavy atom. The van der Waals surface area contributed by atoms with Gasteiger partial charge < -0.3 is 9.84 Å². The summed E-state index contributed by atoms with van der Waals surface area (Å²) in [6.45, 7) is 8.27. The molecule has 1 saturated carbocycles. The molecule has 3 aromatic heterocycles. The number of aryl methyl sites for hydroxylation is 2. The van der Waals surface area contributed by atoms with Crippen molar-refractivity contribution in [2.24, 2.45) is 7.05 Å². The minimum absolute atomic E-state index is 0.0222. The lowest BCUT2D eigenvalue weighted by molar-refractivity contribution is 0.107. The van der Waals surface area contributed by atoms with Crippen molar-refractivity contribution in [3.63, 3.8) is 0 Å². The molecule has 0 radical (unpaired) electrons. The summed E-state index contributed by atoms with van der Waals surface area (Å²) in [4.78, 5) is 6.99. The fraction of sp³-hybridized carbons (Fsp3) is 0.387. The second-order valence-corrected chi connectivity index (χ2v) is 12.2. The van der Waals surface area contributed by atoms with E-state index in [9.17, 15) is 5.11 Å². The number of hydrogen-bond donors (Lipinski definition) is 1. The fourth-order valence-corrected chi connectivity index (χ4v) is 7.24. The Kier molecular flexibility index (Phi) is 5.68. The van der Waals surface area contributed by atoms with Crippen LogP contribution in [0.25, 0.3) is 21.1 Å². The van der Waals surface area contributed by atoms with Gasteiger partial charge in [0.15, 0.2) is 0 Å². The second kappa shape index (κ2) is 9.03. The lowest BCUT2D eigenvalue weighted by Crippen LogP contribution is -2.35. The highest BCUT2D eigenvalue weighted by atomic mass is 32.1. The zero-order valence-corrected chi connectivity index (χ0v) is 23.6. The van der Waals surface area contributed by atoms with Gasteiger partial charge in [0.1, 0.15) is 22.6 Å². The first-order valence-electron chi connectivity index (χ1n) is 13.8. The quantitative estimate of drug-likeness (QED) is 0.270. The molecule has 200 valence electrons. The van der Waals surface area contributed by atoms with Crippen LogP contribution in [-0.2, 0) is 13.6 Å². The molecular formula is C31H33N5O2S. The molecule has 39 heavy (non-hydrogen) atoms. The molecule has 1 aliphatic carbocycles. The molecule has 1 fully saturated rings. The topological polar surface area (TPSA) is 76.3 Å². The summed E-state index contributed by atoms with van der Waals surface area (Å²) < 4.78 is 9.66.